The predicted octanol–water partition coefficient (Wildman–Crippen LogP) is 4.83. The molecule has 3 aromatic rings. The molecule has 0 saturated carbocycles. The molecule has 2 aliphatic heterocycles. The highest BCUT2D eigenvalue weighted by atomic mass is 16.2. The van der Waals surface area contributed by atoms with Gasteiger partial charge < -0.3 is 20.0 Å². The fourth-order valence-corrected chi connectivity index (χ4v) is 5.61. The van der Waals surface area contributed by atoms with Gasteiger partial charge >= 0.3 is 6.03 Å². The lowest BCUT2D eigenvalue weighted by Gasteiger charge is -2.36. The van der Waals surface area contributed by atoms with Crippen molar-refractivity contribution in [3.8, 4) is 11.1 Å². The topological polar surface area (TPSA) is 56.1 Å². The molecule has 1 aromatic carbocycles. The third kappa shape index (κ3) is 5.21. The van der Waals surface area contributed by atoms with E-state index in [1.54, 1.807) is 0 Å². The number of likely N-dealkylation sites (tertiary alicyclic amines) is 1. The first-order chi connectivity index (χ1) is 17.5. The van der Waals surface area contributed by atoms with Crippen molar-refractivity contribution in [2.24, 2.45) is 0 Å². The number of aromatic nitrogens is 2. The average molecular weight is 489 g/mol. The van der Waals surface area contributed by atoms with Gasteiger partial charge in [-0.3, -0.25) is 0 Å². The molecule has 7 heteroatoms. The summed E-state index contributed by atoms with van der Waals surface area (Å²) in [7, 11) is 0. The second-order valence-corrected chi connectivity index (χ2v) is 10.5. The zero-order chi connectivity index (χ0) is 25.1. The van der Waals surface area contributed by atoms with Crippen molar-refractivity contribution in [1.29, 1.82) is 0 Å². The van der Waals surface area contributed by atoms with Crippen LogP contribution in [0, 0.1) is 0 Å². The van der Waals surface area contributed by atoms with Crippen molar-refractivity contribution in [2.45, 2.75) is 52.0 Å². The van der Waals surface area contributed by atoms with Gasteiger partial charge in [-0.25, -0.2) is 9.31 Å². The molecule has 0 radical (unpaired) electrons. The van der Waals surface area contributed by atoms with Crippen LogP contribution in [-0.2, 0) is 0 Å². The summed E-state index contributed by atoms with van der Waals surface area (Å²) in [6, 6.07) is 14.2. The Morgan fingerprint density at radius 3 is 2.56 bits per heavy atom. The van der Waals surface area contributed by atoms with Crippen molar-refractivity contribution in [2.75, 3.05) is 50.7 Å². The lowest BCUT2D eigenvalue weighted by molar-refractivity contribution is 0.167. The Bertz CT molecular complexity index is 1160. The van der Waals surface area contributed by atoms with Gasteiger partial charge in [0.2, 0.25) is 0 Å². The SMILES string of the molecule is CCCNC(=O)N1CCN(c2ccnn3cc(-c4ccc([C@H]5CCCN(C(C)C)C5)cc4)cc23)CC1. The fourth-order valence-electron chi connectivity index (χ4n) is 5.61. The molecule has 2 aromatic heterocycles. The Labute approximate surface area is 215 Å². The second-order valence-electron chi connectivity index (χ2n) is 10.5. The molecular weight excluding hydrogens is 448 g/mol. The first-order valence-corrected chi connectivity index (χ1v) is 13.6. The molecule has 2 fully saturated rings. The van der Waals surface area contributed by atoms with Crippen LogP contribution in [0.3, 0.4) is 0 Å². The van der Waals surface area contributed by atoms with Crippen LogP contribution in [0.4, 0.5) is 10.5 Å². The van der Waals surface area contributed by atoms with Gasteiger partial charge in [0.15, 0.2) is 0 Å². The standard InChI is InChI=1S/C29H40N6O/c1-4-12-30-29(36)33-17-15-32(16-18-33)27-11-13-31-35-21-26(19-28(27)35)24-9-7-23(8-10-24)25-6-5-14-34(20-25)22(2)3/h7-11,13,19,21-22,25H,4-6,12,14-18,20H2,1-3H3,(H,30,36)/t25-/m0/s1. The largest absolute Gasteiger partial charge is 0.366 e. The molecule has 0 spiro atoms. The number of fused-ring (bicyclic) bond motifs is 1. The van der Waals surface area contributed by atoms with E-state index in [1.165, 1.54) is 41.8 Å². The van der Waals surface area contributed by atoms with E-state index in [-0.39, 0.29) is 6.03 Å². The number of amides is 2. The molecule has 1 N–H and O–H groups in total. The normalized spacial score (nSPS) is 19.3. The van der Waals surface area contributed by atoms with E-state index < -0.39 is 0 Å². The van der Waals surface area contributed by atoms with Crippen LogP contribution in [0.25, 0.3) is 16.6 Å². The van der Waals surface area contributed by atoms with Crippen molar-refractivity contribution in [1.82, 2.24) is 24.7 Å². The Morgan fingerprint density at radius 1 is 1.06 bits per heavy atom. The van der Waals surface area contributed by atoms with Gasteiger partial charge in [-0.05, 0) is 68.8 Å². The van der Waals surface area contributed by atoms with E-state index >= 15 is 0 Å². The molecule has 1 atom stereocenters. The van der Waals surface area contributed by atoms with Crippen molar-refractivity contribution >= 4 is 17.2 Å². The number of hydrogen-bond donors (Lipinski definition) is 1. The molecule has 5 rings (SSSR count). The zero-order valence-electron chi connectivity index (χ0n) is 22.0. The smallest absolute Gasteiger partial charge is 0.317 e. The van der Waals surface area contributed by atoms with Crippen LogP contribution in [-0.4, -0.2) is 77.3 Å². The molecule has 36 heavy (non-hydrogen) atoms. The fraction of sp³-hybridized carbons (Fsp3) is 0.517. The monoisotopic (exact) mass is 488 g/mol. The van der Waals surface area contributed by atoms with Crippen LogP contribution in [0.1, 0.15) is 51.5 Å². The molecule has 2 saturated heterocycles. The van der Waals surface area contributed by atoms with E-state index in [1.807, 2.05) is 15.6 Å². The third-order valence-corrected chi connectivity index (χ3v) is 7.82. The molecule has 0 aliphatic carbocycles. The summed E-state index contributed by atoms with van der Waals surface area (Å²) in [6.45, 7) is 12.9. The van der Waals surface area contributed by atoms with Gasteiger partial charge in [0.05, 0.1) is 11.2 Å². The van der Waals surface area contributed by atoms with Gasteiger partial charge in [-0.2, -0.15) is 5.10 Å². The summed E-state index contributed by atoms with van der Waals surface area (Å²) in [5, 5.41) is 7.58. The molecule has 2 amide bonds. The van der Waals surface area contributed by atoms with Gasteiger partial charge in [0, 0.05) is 63.3 Å². The number of piperidine rings is 1. The quantitative estimate of drug-likeness (QED) is 0.540. The maximum Gasteiger partial charge on any atom is 0.317 e. The number of nitrogens with one attached hydrogen (secondary N) is 1. The van der Waals surface area contributed by atoms with E-state index in [9.17, 15) is 4.79 Å². The Balaban J connectivity index is 1.29. The lowest BCUT2D eigenvalue weighted by Crippen LogP contribution is -2.52. The summed E-state index contributed by atoms with van der Waals surface area (Å²) < 4.78 is 1.99. The number of benzene rings is 1. The number of nitrogens with zero attached hydrogens (tertiary/aromatic N) is 5. The maximum atomic E-state index is 12.3. The Hall–Kier alpha value is -3.06. The van der Waals surface area contributed by atoms with Crippen LogP contribution in [0.2, 0.25) is 0 Å². The minimum absolute atomic E-state index is 0.0509. The molecule has 0 bridgehead atoms. The van der Waals surface area contributed by atoms with E-state index in [0.717, 1.165) is 51.2 Å². The number of rotatable bonds is 6. The molecule has 192 valence electrons. The van der Waals surface area contributed by atoms with E-state index in [0.29, 0.717) is 12.0 Å². The number of anilines is 1. The third-order valence-electron chi connectivity index (χ3n) is 7.82. The van der Waals surface area contributed by atoms with Crippen LogP contribution in [0.5, 0.6) is 0 Å². The highest BCUT2D eigenvalue weighted by Crippen LogP contribution is 2.32. The Kier molecular flexibility index (Phi) is 7.46. The molecule has 0 unspecified atom stereocenters. The number of carbonyl (C=O) groups is 1. The summed E-state index contributed by atoms with van der Waals surface area (Å²) in [5.41, 5.74) is 6.15. The minimum Gasteiger partial charge on any atom is -0.366 e. The molecule has 2 aliphatic rings. The lowest BCUT2D eigenvalue weighted by atomic mass is 9.89. The van der Waals surface area contributed by atoms with Crippen LogP contribution in [0.15, 0.2) is 48.8 Å². The number of urea groups is 1. The maximum absolute atomic E-state index is 12.3. The molecule has 7 nitrogen and oxygen atoms in total. The molecule has 4 heterocycles. The number of carbonyl (C=O) groups excluding carboxylic acids is 1. The minimum atomic E-state index is 0.0509. The summed E-state index contributed by atoms with van der Waals surface area (Å²) >= 11 is 0. The van der Waals surface area contributed by atoms with E-state index in [2.05, 4.69) is 83.6 Å². The van der Waals surface area contributed by atoms with Crippen molar-refractivity contribution in [3.63, 3.8) is 0 Å². The van der Waals surface area contributed by atoms with Crippen molar-refractivity contribution < 1.29 is 4.79 Å². The summed E-state index contributed by atoms with van der Waals surface area (Å²) in [4.78, 5) is 19.2. The highest BCUT2D eigenvalue weighted by Gasteiger charge is 2.24. The number of hydrogen-bond acceptors (Lipinski definition) is 4. The van der Waals surface area contributed by atoms with Crippen molar-refractivity contribution in [3.05, 3.63) is 54.4 Å². The zero-order valence-corrected chi connectivity index (χ0v) is 22.0. The number of piperazine rings is 1. The first kappa shape index (κ1) is 24.6. The highest BCUT2D eigenvalue weighted by molar-refractivity contribution is 5.80. The average Bonchev–Trinajstić information content (AvgIpc) is 3.36. The van der Waals surface area contributed by atoms with Gasteiger partial charge in [-0.15, -0.1) is 0 Å². The van der Waals surface area contributed by atoms with Crippen LogP contribution < -0.4 is 10.2 Å². The van der Waals surface area contributed by atoms with Gasteiger partial charge in [0.1, 0.15) is 0 Å². The van der Waals surface area contributed by atoms with Gasteiger partial charge in [0.25, 0.3) is 0 Å². The van der Waals surface area contributed by atoms with E-state index in [4.69, 9.17) is 0 Å². The first-order valence-electron chi connectivity index (χ1n) is 13.6. The molecular formula is C29H40N6O. The Morgan fingerprint density at radius 2 is 1.83 bits per heavy atom. The summed E-state index contributed by atoms with van der Waals surface area (Å²) in [5.74, 6) is 0.624. The van der Waals surface area contributed by atoms with Gasteiger partial charge in [-0.1, -0.05) is 31.2 Å². The second kappa shape index (κ2) is 10.9. The predicted molar refractivity (Wildman–Crippen MR) is 147 cm³/mol. The summed E-state index contributed by atoms with van der Waals surface area (Å²) in [6.07, 6.45) is 7.51. The van der Waals surface area contributed by atoms with Crippen LogP contribution >= 0.6 is 0 Å².